The van der Waals surface area contributed by atoms with Gasteiger partial charge in [0.25, 0.3) is 0 Å². The van der Waals surface area contributed by atoms with Crippen LogP contribution in [0.15, 0.2) is 73.1 Å². The number of aromatic nitrogens is 1. The van der Waals surface area contributed by atoms with E-state index in [1.807, 2.05) is 42.7 Å². The van der Waals surface area contributed by atoms with Gasteiger partial charge in [0.15, 0.2) is 0 Å². The molecule has 4 nitrogen and oxygen atoms in total. The lowest BCUT2D eigenvalue weighted by Gasteiger charge is -2.37. The first-order valence-electron chi connectivity index (χ1n) is 8.97. The van der Waals surface area contributed by atoms with E-state index in [9.17, 15) is 0 Å². The molecule has 3 aromatic rings. The van der Waals surface area contributed by atoms with Crippen molar-refractivity contribution in [2.24, 2.45) is 0 Å². The molecule has 0 spiro atoms. The van der Waals surface area contributed by atoms with Crippen LogP contribution in [-0.4, -0.2) is 23.6 Å². The predicted molar refractivity (Wildman–Crippen MR) is 104 cm³/mol. The first kappa shape index (κ1) is 16.6. The van der Waals surface area contributed by atoms with Crippen LogP contribution in [0.2, 0.25) is 0 Å². The molecule has 2 aromatic carbocycles. The zero-order chi connectivity index (χ0) is 17.8. The molecule has 2 heterocycles. The third-order valence-electron chi connectivity index (χ3n) is 4.88. The molecule has 132 valence electrons. The molecule has 0 bridgehead atoms. The molecule has 4 heteroatoms. The highest BCUT2D eigenvalue weighted by molar-refractivity contribution is 5.44. The number of hydrazine groups is 1. The minimum atomic E-state index is 0.608. The molecule has 0 saturated carbocycles. The number of benzene rings is 2. The van der Waals surface area contributed by atoms with Crippen molar-refractivity contribution in [2.75, 3.05) is 18.6 Å². The van der Waals surface area contributed by atoms with Gasteiger partial charge in [0.2, 0.25) is 0 Å². The Balaban J connectivity index is 1.42. The lowest BCUT2D eigenvalue weighted by atomic mass is 10.0. The van der Waals surface area contributed by atoms with Gasteiger partial charge >= 0.3 is 0 Å². The Morgan fingerprint density at radius 1 is 1.00 bits per heavy atom. The highest BCUT2D eigenvalue weighted by Gasteiger charge is 2.20. The molecule has 0 radical (unpaired) electrons. The summed E-state index contributed by atoms with van der Waals surface area (Å²) in [6.07, 6.45) is 4.69. The van der Waals surface area contributed by atoms with E-state index in [2.05, 4.69) is 52.4 Å². The molecule has 1 aliphatic rings. The summed E-state index contributed by atoms with van der Waals surface area (Å²) in [6.45, 7) is 2.51. The Hall–Kier alpha value is -2.85. The second-order valence-corrected chi connectivity index (χ2v) is 6.57. The van der Waals surface area contributed by atoms with E-state index in [1.54, 1.807) is 0 Å². The molecule has 0 N–H and O–H groups in total. The topological polar surface area (TPSA) is 28.6 Å². The van der Waals surface area contributed by atoms with Crippen molar-refractivity contribution in [2.45, 2.75) is 19.6 Å². The van der Waals surface area contributed by atoms with Gasteiger partial charge in [-0.2, -0.15) is 0 Å². The zero-order valence-electron chi connectivity index (χ0n) is 15.0. The van der Waals surface area contributed by atoms with Gasteiger partial charge in [0.05, 0.1) is 5.69 Å². The molecule has 0 amide bonds. The first-order chi connectivity index (χ1) is 12.8. The molecular weight excluding hydrogens is 322 g/mol. The maximum absolute atomic E-state index is 5.97. The summed E-state index contributed by atoms with van der Waals surface area (Å²) in [7, 11) is 2.11. The van der Waals surface area contributed by atoms with E-state index in [4.69, 9.17) is 4.74 Å². The molecule has 1 aliphatic heterocycles. The molecule has 1 aromatic heterocycles. The van der Waals surface area contributed by atoms with E-state index < -0.39 is 0 Å². The average molecular weight is 345 g/mol. The Labute approximate surface area is 154 Å². The van der Waals surface area contributed by atoms with Gasteiger partial charge in [-0.05, 0) is 47.4 Å². The third kappa shape index (κ3) is 3.70. The second-order valence-electron chi connectivity index (χ2n) is 6.57. The lowest BCUT2D eigenvalue weighted by Crippen LogP contribution is -2.43. The summed E-state index contributed by atoms with van der Waals surface area (Å²) in [5, 5.41) is 4.58. The van der Waals surface area contributed by atoms with E-state index in [0.717, 1.165) is 30.9 Å². The second kappa shape index (κ2) is 7.58. The van der Waals surface area contributed by atoms with Crippen LogP contribution >= 0.6 is 0 Å². The normalized spacial score (nSPS) is 13.9. The lowest BCUT2D eigenvalue weighted by molar-refractivity contribution is 0.243. The van der Waals surface area contributed by atoms with E-state index >= 15 is 0 Å². The van der Waals surface area contributed by atoms with Gasteiger partial charge in [0, 0.05) is 32.5 Å². The number of fused-ring (bicyclic) bond motifs is 1. The predicted octanol–water partition coefficient (Wildman–Crippen LogP) is 4.07. The number of ether oxygens (including phenoxy) is 1. The van der Waals surface area contributed by atoms with Crippen LogP contribution in [0.3, 0.4) is 0 Å². The van der Waals surface area contributed by atoms with Crippen molar-refractivity contribution in [3.8, 4) is 5.75 Å². The highest BCUT2D eigenvalue weighted by atomic mass is 16.5. The molecule has 0 saturated heterocycles. The van der Waals surface area contributed by atoms with Crippen LogP contribution in [0.5, 0.6) is 5.75 Å². The third-order valence-corrected chi connectivity index (χ3v) is 4.88. The maximum Gasteiger partial charge on any atom is 0.120 e. The van der Waals surface area contributed by atoms with Crippen molar-refractivity contribution in [1.29, 1.82) is 0 Å². The smallest absolute Gasteiger partial charge is 0.120 e. The summed E-state index contributed by atoms with van der Waals surface area (Å²) in [4.78, 5) is 4.10. The molecule has 0 unspecified atom stereocenters. The standard InChI is InChI=1S/C22H23N3O/c1-24(21-9-12-23-13-10-21)25-14-11-19-15-22(8-7-20(19)16-25)26-17-18-5-3-2-4-6-18/h2-10,12-13,15H,11,14,16-17H2,1H3. The van der Waals surface area contributed by atoms with Gasteiger partial charge in [-0.1, -0.05) is 36.4 Å². The van der Waals surface area contributed by atoms with Gasteiger partial charge < -0.3 is 9.75 Å². The van der Waals surface area contributed by atoms with Crippen LogP contribution in [0.25, 0.3) is 0 Å². The molecule has 0 atom stereocenters. The van der Waals surface area contributed by atoms with Crippen LogP contribution < -0.4 is 9.75 Å². The average Bonchev–Trinajstić information content (AvgIpc) is 2.72. The van der Waals surface area contributed by atoms with Crippen molar-refractivity contribution in [1.82, 2.24) is 9.99 Å². The SMILES string of the molecule is CN(c1ccncc1)N1CCc2cc(OCc3ccccc3)ccc2C1. The van der Waals surface area contributed by atoms with Crippen molar-refractivity contribution >= 4 is 5.69 Å². The number of rotatable bonds is 5. The van der Waals surface area contributed by atoms with Gasteiger partial charge in [-0.15, -0.1) is 0 Å². The van der Waals surface area contributed by atoms with Crippen molar-refractivity contribution < 1.29 is 4.74 Å². The number of hydrogen-bond acceptors (Lipinski definition) is 4. The summed E-state index contributed by atoms with van der Waals surface area (Å²) < 4.78 is 5.97. The van der Waals surface area contributed by atoms with Gasteiger partial charge in [-0.3, -0.25) is 4.98 Å². The Morgan fingerprint density at radius 3 is 2.62 bits per heavy atom. The number of hydrogen-bond donors (Lipinski definition) is 0. The molecule has 0 fully saturated rings. The van der Waals surface area contributed by atoms with Crippen molar-refractivity contribution in [3.63, 3.8) is 0 Å². The minimum absolute atomic E-state index is 0.608. The molecule has 0 aliphatic carbocycles. The molecule has 4 rings (SSSR count). The van der Waals surface area contributed by atoms with Crippen molar-refractivity contribution in [3.05, 3.63) is 89.7 Å². The zero-order valence-corrected chi connectivity index (χ0v) is 15.0. The summed E-state index contributed by atoms with van der Waals surface area (Å²) >= 11 is 0. The quantitative estimate of drug-likeness (QED) is 0.697. The Kier molecular flexibility index (Phi) is 4.84. The summed E-state index contributed by atoms with van der Waals surface area (Å²) in [6, 6.07) is 20.8. The van der Waals surface area contributed by atoms with Crippen LogP contribution in [-0.2, 0) is 19.6 Å². The number of nitrogens with zero attached hydrogens (tertiary/aromatic N) is 3. The van der Waals surface area contributed by atoms with Crippen LogP contribution in [0.4, 0.5) is 5.69 Å². The Bertz CT molecular complexity index is 852. The summed E-state index contributed by atoms with van der Waals surface area (Å²) in [5.74, 6) is 0.948. The van der Waals surface area contributed by atoms with Gasteiger partial charge in [0.1, 0.15) is 12.4 Å². The number of anilines is 1. The highest BCUT2D eigenvalue weighted by Crippen LogP contribution is 2.26. The molecular formula is C22H23N3O. The fraction of sp³-hybridized carbons (Fsp3) is 0.227. The summed E-state index contributed by atoms with van der Waals surface area (Å²) in [5.41, 5.74) is 5.10. The maximum atomic E-state index is 5.97. The molecule has 26 heavy (non-hydrogen) atoms. The van der Waals surface area contributed by atoms with Crippen LogP contribution in [0, 0.1) is 0 Å². The largest absolute Gasteiger partial charge is 0.489 e. The first-order valence-corrected chi connectivity index (χ1v) is 8.97. The minimum Gasteiger partial charge on any atom is -0.489 e. The monoisotopic (exact) mass is 345 g/mol. The fourth-order valence-electron chi connectivity index (χ4n) is 3.32. The van der Waals surface area contributed by atoms with E-state index in [1.165, 1.54) is 16.7 Å². The Morgan fingerprint density at radius 2 is 1.81 bits per heavy atom. The van der Waals surface area contributed by atoms with Crippen LogP contribution in [0.1, 0.15) is 16.7 Å². The fourth-order valence-corrected chi connectivity index (χ4v) is 3.32. The van der Waals surface area contributed by atoms with E-state index in [-0.39, 0.29) is 0 Å². The van der Waals surface area contributed by atoms with Gasteiger partial charge in [-0.25, -0.2) is 5.01 Å². The number of pyridine rings is 1. The van der Waals surface area contributed by atoms with E-state index in [0.29, 0.717) is 6.61 Å².